The van der Waals surface area contributed by atoms with E-state index in [-0.39, 0.29) is 11.7 Å². The molecule has 3 heterocycles. The van der Waals surface area contributed by atoms with Gasteiger partial charge in [-0.25, -0.2) is 9.37 Å². The largest absolute Gasteiger partial charge is 0.353 e. The van der Waals surface area contributed by atoms with Crippen LogP contribution in [0.15, 0.2) is 36.5 Å². The molecule has 1 saturated heterocycles. The monoisotopic (exact) mass is 352 g/mol. The van der Waals surface area contributed by atoms with Gasteiger partial charge in [-0.2, -0.15) is 0 Å². The molecule has 0 atom stereocenters. The number of piperazine rings is 1. The van der Waals surface area contributed by atoms with E-state index in [0.29, 0.717) is 18.8 Å². The summed E-state index contributed by atoms with van der Waals surface area (Å²) in [6, 6.07) is 8.53. The smallest absolute Gasteiger partial charge is 0.270 e. The van der Waals surface area contributed by atoms with E-state index in [9.17, 15) is 9.18 Å². The summed E-state index contributed by atoms with van der Waals surface area (Å²) in [5.74, 6) is 0.659. The highest BCUT2D eigenvalue weighted by molar-refractivity contribution is 6.01. The van der Waals surface area contributed by atoms with Crippen LogP contribution >= 0.6 is 0 Å². The van der Waals surface area contributed by atoms with Crippen LogP contribution in [0.4, 0.5) is 10.2 Å². The maximum absolute atomic E-state index is 13.5. The van der Waals surface area contributed by atoms with Crippen LogP contribution in [-0.2, 0) is 0 Å². The lowest BCUT2D eigenvalue weighted by Crippen LogP contribution is -2.49. The molecule has 2 aromatic heterocycles. The second-order valence-corrected chi connectivity index (χ2v) is 6.74. The van der Waals surface area contributed by atoms with Crippen LogP contribution in [0, 0.1) is 19.7 Å². The molecule has 1 aliphatic rings. The highest BCUT2D eigenvalue weighted by atomic mass is 19.1. The molecule has 1 fully saturated rings. The van der Waals surface area contributed by atoms with Gasteiger partial charge in [-0.15, -0.1) is 0 Å². The number of aryl methyl sites for hydroxylation is 2. The van der Waals surface area contributed by atoms with Crippen molar-refractivity contribution in [2.24, 2.45) is 0 Å². The minimum atomic E-state index is -0.294. The number of aromatic amines is 1. The summed E-state index contributed by atoms with van der Waals surface area (Å²) in [6.45, 7) is 6.68. The van der Waals surface area contributed by atoms with Crippen LogP contribution < -0.4 is 4.90 Å². The zero-order chi connectivity index (χ0) is 18.3. The number of nitrogens with zero attached hydrogens (tertiary/aromatic N) is 3. The van der Waals surface area contributed by atoms with Crippen LogP contribution in [0.25, 0.3) is 10.9 Å². The fraction of sp³-hybridized carbons (Fsp3) is 0.300. The van der Waals surface area contributed by atoms with Crippen molar-refractivity contribution < 1.29 is 9.18 Å². The number of fused-ring (bicyclic) bond motifs is 1. The van der Waals surface area contributed by atoms with Crippen molar-refractivity contribution in [3.05, 3.63) is 59.2 Å². The van der Waals surface area contributed by atoms with Crippen molar-refractivity contribution in [2.45, 2.75) is 13.8 Å². The minimum Gasteiger partial charge on any atom is -0.353 e. The number of pyridine rings is 1. The van der Waals surface area contributed by atoms with E-state index >= 15 is 0 Å². The molecule has 1 amide bonds. The summed E-state index contributed by atoms with van der Waals surface area (Å²) < 4.78 is 13.5. The molecular formula is C20H21FN4O. The molecule has 4 rings (SSSR count). The number of hydrogen-bond acceptors (Lipinski definition) is 3. The second-order valence-electron chi connectivity index (χ2n) is 6.74. The SMILES string of the molecule is Cc1cccnc1N1CCN(C(=O)c2[nH]c3ccc(F)cc3c2C)CC1. The fourth-order valence-corrected chi connectivity index (χ4v) is 3.60. The van der Waals surface area contributed by atoms with Crippen LogP contribution in [-0.4, -0.2) is 47.0 Å². The van der Waals surface area contributed by atoms with Gasteiger partial charge in [0, 0.05) is 43.3 Å². The van der Waals surface area contributed by atoms with Gasteiger partial charge in [-0.1, -0.05) is 6.07 Å². The Morgan fingerprint density at radius 3 is 2.65 bits per heavy atom. The van der Waals surface area contributed by atoms with E-state index in [1.54, 1.807) is 12.3 Å². The number of halogens is 1. The Labute approximate surface area is 151 Å². The molecule has 5 nitrogen and oxygen atoms in total. The van der Waals surface area contributed by atoms with E-state index in [0.717, 1.165) is 40.9 Å². The topological polar surface area (TPSA) is 52.2 Å². The molecule has 1 N–H and O–H groups in total. The number of nitrogens with one attached hydrogen (secondary N) is 1. The van der Waals surface area contributed by atoms with E-state index in [1.807, 2.05) is 30.9 Å². The fourth-order valence-electron chi connectivity index (χ4n) is 3.60. The highest BCUT2D eigenvalue weighted by Gasteiger charge is 2.26. The number of carbonyl (C=O) groups is 1. The standard InChI is InChI=1S/C20H21FN4O/c1-13-4-3-7-22-19(13)24-8-10-25(11-9-24)20(26)18-14(2)16-12-15(21)5-6-17(16)23-18/h3-7,12,23H,8-11H2,1-2H3. The number of aromatic nitrogens is 2. The zero-order valence-electron chi connectivity index (χ0n) is 14.9. The minimum absolute atomic E-state index is 0.0310. The third-order valence-corrected chi connectivity index (χ3v) is 5.08. The van der Waals surface area contributed by atoms with Crippen LogP contribution in [0.1, 0.15) is 21.6 Å². The van der Waals surface area contributed by atoms with Crippen LogP contribution in [0.2, 0.25) is 0 Å². The summed E-state index contributed by atoms with van der Waals surface area (Å²) in [5, 5.41) is 0.760. The Kier molecular flexibility index (Phi) is 4.11. The van der Waals surface area contributed by atoms with Gasteiger partial charge < -0.3 is 14.8 Å². The molecule has 0 bridgehead atoms. The van der Waals surface area contributed by atoms with Gasteiger partial charge >= 0.3 is 0 Å². The van der Waals surface area contributed by atoms with Crippen molar-refractivity contribution in [1.29, 1.82) is 0 Å². The highest BCUT2D eigenvalue weighted by Crippen LogP contribution is 2.24. The van der Waals surface area contributed by atoms with Gasteiger partial charge in [0.15, 0.2) is 0 Å². The number of benzene rings is 1. The Hall–Kier alpha value is -2.89. The summed E-state index contributed by atoms with van der Waals surface area (Å²) in [4.78, 5) is 24.6. The van der Waals surface area contributed by atoms with Crippen LogP contribution in [0.5, 0.6) is 0 Å². The first-order valence-corrected chi connectivity index (χ1v) is 8.78. The molecule has 1 aromatic carbocycles. The second kappa shape index (κ2) is 6.44. The molecule has 26 heavy (non-hydrogen) atoms. The average molecular weight is 352 g/mol. The lowest BCUT2D eigenvalue weighted by atomic mass is 10.1. The molecular weight excluding hydrogens is 331 g/mol. The van der Waals surface area contributed by atoms with E-state index in [4.69, 9.17) is 0 Å². The zero-order valence-corrected chi connectivity index (χ0v) is 14.9. The molecule has 0 saturated carbocycles. The van der Waals surface area contributed by atoms with Gasteiger partial charge in [0.2, 0.25) is 0 Å². The van der Waals surface area contributed by atoms with Crippen molar-refractivity contribution in [2.75, 3.05) is 31.1 Å². The maximum atomic E-state index is 13.5. The predicted molar refractivity (Wildman–Crippen MR) is 100 cm³/mol. The number of carbonyl (C=O) groups excluding carboxylic acids is 1. The third-order valence-electron chi connectivity index (χ3n) is 5.08. The molecule has 0 aliphatic carbocycles. The Balaban J connectivity index is 1.52. The molecule has 0 unspecified atom stereocenters. The Morgan fingerprint density at radius 2 is 1.92 bits per heavy atom. The first-order chi connectivity index (χ1) is 12.5. The first-order valence-electron chi connectivity index (χ1n) is 8.78. The van der Waals surface area contributed by atoms with Crippen LogP contribution in [0.3, 0.4) is 0 Å². The molecule has 134 valence electrons. The Morgan fingerprint density at radius 1 is 1.15 bits per heavy atom. The summed E-state index contributed by atoms with van der Waals surface area (Å²) in [7, 11) is 0. The maximum Gasteiger partial charge on any atom is 0.270 e. The van der Waals surface area contributed by atoms with E-state index in [2.05, 4.69) is 14.9 Å². The summed E-state index contributed by atoms with van der Waals surface area (Å²) >= 11 is 0. The number of rotatable bonds is 2. The summed E-state index contributed by atoms with van der Waals surface area (Å²) in [6.07, 6.45) is 1.80. The average Bonchev–Trinajstić information content (AvgIpc) is 2.98. The summed E-state index contributed by atoms with van der Waals surface area (Å²) in [5.41, 5.74) is 3.27. The van der Waals surface area contributed by atoms with Gasteiger partial charge in [-0.3, -0.25) is 4.79 Å². The normalized spacial score (nSPS) is 14.9. The first kappa shape index (κ1) is 16.6. The lowest BCUT2D eigenvalue weighted by Gasteiger charge is -2.36. The van der Waals surface area contributed by atoms with Gasteiger partial charge in [0.25, 0.3) is 5.91 Å². The van der Waals surface area contributed by atoms with E-state index in [1.165, 1.54) is 12.1 Å². The quantitative estimate of drug-likeness (QED) is 0.770. The number of H-pyrrole nitrogens is 1. The molecule has 6 heteroatoms. The molecule has 0 spiro atoms. The number of hydrogen-bond donors (Lipinski definition) is 1. The predicted octanol–water partition coefficient (Wildman–Crippen LogP) is 3.28. The number of amides is 1. The van der Waals surface area contributed by atoms with Gasteiger partial charge in [-0.05, 0) is 49.2 Å². The van der Waals surface area contributed by atoms with E-state index < -0.39 is 0 Å². The van der Waals surface area contributed by atoms with Crippen molar-refractivity contribution in [1.82, 2.24) is 14.9 Å². The van der Waals surface area contributed by atoms with Crippen molar-refractivity contribution >= 4 is 22.6 Å². The lowest BCUT2D eigenvalue weighted by molar-refractivity contribution is 0.0741. The Bertz CT molecular complexity index is 973. The number of anilines is 1. The molecule has 3 aromatic rings. The third kappa shape index (κ3) is 2.81. The molecule has 1 aliphatic heterocycles. The molecule has 0 radical (unpaired) electrons. The van der Waals surface area contributed by atoms with Crippen molar-refractivity contribution in [3.8, 4) is 0 Å². The van der Waals surface area contributed by atoms with Gasteiger partial charge in [0.05, 0.1) is 0 Å². The van der Waals surface area contributed by atoms with Crippen molar-refractivity contribution in [3.63, 3.8) is 0 Å². The van der Waals surface area contributed by atoms with Gasteiger partial charge in [0.1, 0.15) is 17.3 Å².